The Balaban J connectivity index is 2.86. The van der Waals surface area contributed by atoms with Crippen molar-refractivity contribution >= 4 is 0 Å². The van der Waals surface area contributed by atoms with Crippen LogP contribution in [0.2, 0.25) is 0 Å². The fourth-order valence-electron chi connectivity index (χ4n) is 1.14. The summed E-state index contributed by atoms with van der Waals surface area (Å²) >= 11 is 0. The minimum atomic E-state index is -0.285. The van der Waals surface area contributed by atoms with Crippen molar-refractivity contribution in [3.8, 4) is 0 Å². The Kier molecular flexibility index (Phi) is 2.53. The summed E-state index contributed by atoms with van der Waals surface area (Å²) in [5, 5.41) is 0. The van der Waals surface area contributed by atoms with Gasteiger partial charge in [-0.1, -0.05) is 44.2 Å². The van der Waals surface area contributed by atoms with Crippen molar-refractivity contribution in [1.82, 2.24) is 0 Å². The molecule has 1 aliphatic carbocycles. The third-order valence-electron chi connectivity index (χ3n) is 2.05. The molecule has 0 aromatic rings. The average molecular weight is 163 g/mol. The molecule has 1 nitrogen and oxygen atoms in total. The predicted molar refractivity (Wildman–Crippen MR) is 53.8 cm³/mol. The Morgan fingerprint density at radius 3 is 2.58 bits per heavy atom. The molecule has 1 unspecified atom stereocenters. The highest BCUT2D eigenvalue weighted by Crippen LogP contribution is 2.17. The molecule has 0 amide bonds. The van der Waals surface area contributed by atoms with Gasteiger partial charge < -0.3 is 5.73 Å². The summed E-state index contributed by atoms with van der Waals surface area (Å²) in [6.07, 6.45) is 10.3. The molecule has 0 fully saturated rings. The summed E-state index contributed by atoms with van der Waals surface area (Å²) in [6.45, 7) is 6.36. The van der Waals surface area contributed by atoms with Gasteiger partial charge in [0, 0.05) is 0 Å². The molecule has 1 heteroatoms. The molecule has 0 saturated heterocycles. The van der Waals surface area contributed by atoms with E-state index in [-0.39, 0.29) is 5.54 Å². The number of hydrogen-bond donors (Lipinski definition) is 1. The molecular formula is C11H17N. The largest absolute Gasteiger partial charge is 0.319 e. The van der Waals surface area contributed by atoms with E-state index in [1.807, 2.05) is 25.2 Å². The zero-order valence-electron chi connectivity index (χ0n) is 8.04. The predicted octanol–water partition coefficient (Wildman–Crippen LogP) is 2.41. The molecule has 0 bridgehead atoms. The minimum Gasteiger partial charge on any atom is -0.319 e. The van der Waals surface area contributed by atoms with Crippen LogP contribution in [-0.4, -0.2) is 5.54 Å². The van der Waals surface area contributed by atoms with Crippen LogP contribution in [0.5, 0.6) is 0 Å². The third-order valence-corrected chi connectivity index (χ3v) is 2.05. The SMILES string of the molecule is CC(C)C1=CC=CC(C)(N)C=C1. The number of nitrogens with two attached hydrogens (primary N) is 1. The van der Waals surface area contributed by atoms with E-state index < -0.39 is 0 Å². The first-order valence-corrected chi connectivity index (χ1v) is 4.39. The molecule has 0 spiro atoms. The summed E-state index contributed by atoms with van der Waals surface area (Å²) in [4.78, 5) is 0. The quantitative estimate of drug-likeness (QED) is 0.631. The number of rotatable bonds is 1. The zero-order valence-corrected chi connectivity index (χ0v) is 8.04. The normalized spacial score (nSPS) is 28.9. The van der Waals surface area contributed by atoms with Crippen LogP contribution in [0.1, 0.15) is 20.8 Å². The standard InChI is InChI=1S/C11H17N/c1-9(2)10-5-4-7-11(3,12)8-6-10/h4-9H,12H2,1-3H3. The molecule has 66 valence electrons. The highest BCUT2D eigenvalue weighted by molar-refractivity contribution is 5.34. The van der Waals surface area contributed by atoms with Crippen molar-refractivity contribution < 1.29 is 0 Å². The molecule has 0 radical (unpaired) electrons. The van der Waals surface area contributed by atoms with Crippen LogP contribution in [0.25, 0.3) is 0 Å². The summed E-state index contributed by atoms with van der Waals surface area (Å²) in [5.74, 6) is 0.569. The van der Waals surface area contributed by atoms with E-state index in [0.29, 0.717) is 5.92 Å². The lowest BCUT2D eigenvalue weighted by Crippen LogP contribution is -2.30. The second-order valence-electron chi connectivity index (χ2n) is 3.88. The van der Waals surface area contributed by atoms with Gasteiger partial charge in [-0.25, -0.2) is 0 Å². The van der Waals surface area contributed by atoms with E-state index in [4.69, 9.17) is 5.73 Å². The lowest BCUT2D eigenvalue weighted by molar-refractivity contribution is 0.732. The number of allylic oxidation sites excluding steroid dienone is 4. The van der Waals surface area contributed by atoms with Gasteiger partial charge in [-0.3, -0.25) is 0 Å². The highest BCUT2D eigenvalue weighted by Gasteiger charge is 2.11. The lowest BCUT2D eigenvalue weighted by Gasteiger charge is -2.13. The highest BCUT2D eigenvalue weighted by atomic mass is 14.7. The summed E-state index contributed by atoms with van der Waals surface area (Å²) < 4.78 is 0. The fourth-order valence-corrected chi connectivity index (χ4v) is 1.14. The molecule has 0 saturated carbocycles. The Bertz CT molecular complexity index is 242. The van der Waals surface area contributed by atoms with Crippen LogP contribution in [0, 0.1) is 5.92 Å². The molecule has 0 aromatic carbocycles. The van der Waals surface area contributed by atoms with Gasteiger partial charge in [0.2, 0.25) is 0 Å². The molecule has 12 heavy (non-hydrogen) atoms. The van der Waals surface area contributed by atoms with Gasteiger partial charge in [0.1, 0.15) is 0 Å². The maximum absolute atomic E-state index is 5.93. The van der Waals surface area contributed by atoms with E-state index in [9.17, 15) is 0 Å². The summed E-state index contributed by atoms with van der Waals surface area (Å²) in [5.41, 5.74) is 6.98. The van der Waals surface area contributed by atoms with Gasteiger partial charge in [-0.2, -0.15) is 0 Å². The van der Waals surface area contributed by atoms with E-state index in [0.717, 1.165) is 0 Å². The summed E-state index contributed by atoms with van der Waals surface area (Å²) in [6, 6.07) is 0. The van der Waals surface area contributed by atoms with Crippen LogP contribution in [0.4, 0.5) is 0 Å². The van der Waals surface area contributed by atoms with Gasteiger partial charge in [0.05, 0.1) is 5.54 Å². The Morgan fingerprint density at radius 2 is 2.00 bits per heavy atom. The lowest BCUT2D eigenvalue weighted by atomic mass is 10.0. The van der Waals surface area contributed by atoms with E-state index in [1.54, 1.807) is 0 Å². The number of hydrogen-bond acceptors (Lipinski definition) is 1. The van der Waals surface area contributed by atoms with Crippen LogP contribution in [0.3, 0.4) is 0 Å². The maximum Gasteiger partial charge on any atom is 0.0502 e. The second-order valence-corrected chi connectivity index (χ2v) is 3.88. The molecule has 0 heterocycles. The fraction of sp³-hybridized carbons (Fsp3) is 0.455. The van der Waals surface area contributed by atoms with Crippen molar-refractivity contribution in [1.29, 1.82) is 0 Å². The average Bonchev–Trinajstić information content (AvgIpc) is 2.10. The molecule has 2 N–H and O–H groups in total. The van der Waals surface area contributed by atoms with Crippen molar-refractivity contribution in [2.75, 3.05) is 0 Å². The summed E-state index contributed by atoms with van der Waals surface area (Å²) in [7, 11) is 0. The second kappa shape index (κ2) is 3.28. The van der Waals surface area contributed by atoms with E-state index >= 15 is 0 Å². The molecule has 1 rings (SSSR count). The van der Waals surface area contributed by atoms with Crippen molar-refractivity contribution in [2.45, 2.75) is 26.3 Å². The Labute approximate surface area is 74.7 Å². The molecule has 1 aliphatic rings. The van der Waals surface area contributed by atoms with Crippen LogP contribution >= 0.6 is 0 Å². The van der Waals surface area contributed by atoms with Crippen molar-refractivity contribution in [3.63, 3.8) is 0 Å². The van der Waals surface area contributed by atoms with Gasteiger partial charge in [-0.05, 0) is 18.4 Å². The topological polar surface area (TPSA) is 26.0 Å². The van der Waals surface area contributed by atoms with Gasteiger partial charge in [0.15, 0.2) is 0 Å². The Hall–Kier alpha value is -0.820. The minimum absolute atomic E-state index is 0.285. The van der Waals surface area contributed by atoms with Crippen LogP contribution in [-0.2, 0) is 0 Å². The third kappa shape index (κ3) is 2.35. The van der Waals surface area contributed by atoms with Gasteiger partial charge >= 0.3 is 0 Å². The van der Waals surface area contributed by atoms with Crippen LogP contribution in [0.15, 0.2) is 36.0 Å². The molecule has 0 aromatic heterocycles. The molecule has 1 atom stereocenters. The first-order chi connectivity index (χ1) is 5.51. The zero-order chi connectivity index (χ0) is 9.19. The monoisotopic (exact) mass is 163 g/mol. The van der Waals surface area contributed by atoms with E-state index in [1.165, 1.54) is 5.57 Å². The first kappa shape index (κ1) is 9.27. The molecule has 0 aliphatic heterocycles. The molecular weight excluding hydrogens is 146 g/mol. The van der Waals surface area contributed by atoms with Gasteiger partial charge in [0.25, 0.3) is 0 Å². The van der Waals surface area contributed by atoms with Gasteiger partial charge in [-0.15, -0.1) is 0 Å². The van der Waals surface area contributed by atoms with E-state index in [2.05, 4.69) is 26.0 Å². The smallest absolute Gasteiger partial charge is 0.0502 e. The Morgan fingerprint density at radius 1 is 1.33 bits per heavy atom. The van der Waals surface area contributed by atoms with Crippen molar-refractivity contribution in [3.05, 3.63) is 36.0 Å². The maximum atomic E-state index is 5.93. The van der Waals surface area contributed by atoms with Crippen molar-refractivity contribution in [2.24, 2.45) is 11.7 Å². The van der Waals surface area contributed by atoms with Crippen LogP contribution < -0.4 is 5.73 Å². The first-order valence-electron chi connectivity index (χ1n) is 4.39.